The number of ether oxygens (including phenoxy) is 3. The predicted molar refractivity (Wildman–Crippen MR) is 181 cm³/mol. The molecule has 0 N–H and O–H groups in total. The van der Waals surface area contributed by atoms with E-state index < -0.39 is 27.1 Å². The summed E-state index contributed by atoms with van der Waals surface area (Å²) in [5, 5.41) is 0. The number of aromatic nitrogens is 3. The van der Waals surface area contributed by atoms with Crippen LogP contribution in [-0.4, -0.2) is 89.3 Å². The molecule has 2 saturated heterocycles. The summed E-state index contributed by atoms with van der Waals surface area (Å²) in [5.41, 5.74) is 2.81. The molecule has 13 nitrogen and oxygen atoms in total. The fourth-order valence-electron chi connectivity index (χ4n) is 5.89. The van der Waals surface area contributed by atoms with E-state index in [2.05, 4.69) is 15.0 Å². The van der Waals surface area contributed by atoms with Crippen LogP contribution >= 0.6 is 0 Å². The Labute approximate surface area is 281 Å². The summed E-state index contributed by atoms with van der Waals surface area (Å²) in [6.07, 6.45) is 4.13. The van der Waals surface area contributed by atoms with E-state index in [1.807, 2.05) is 50.8 Å². The molecule has 0 bridgehead atoms. The number of nitrogens with zero attached hydrogens (tertiary/aromatic N) is 6. The van der Waals surface area contributed by atoms with Gasteiger partial charge in [-0.15, -0.1) is 0 Å². The summed E-state index contributed by atoms with van der Waals surface area (Å²) in [7, 11) is -3.10. The van der Waals surface area contributed by atoms with Crippen molar-refractivity contribution in [3.05, 3.63) is 53.7 Å². The van der Waals surface area contributed by atoms with Crippen LogP contribution in [0.3, 0.4) is 0 Å². The van der Waals surface area contributed by atoms with Crippen molar-refractivity contribution in [2.24, 2.45) is 0 Å². The predicted octanol–water partition coefficient (Wildman–Crippen LogP) is 5.38. The summed E-state index contributed by atoms with van der Waals surface area (Å²) >= 11 is 0. The van der Waals surface area contributed by atoms with E-state index in [-0.39, 0.29) is 30.1 Å². The second-order valence-corrected chi connectivity index (χ2v) is 16.7. The number of carbonyl (C=O) groups excluding carboxylic acids is 2. The average molecular weight is 679 g/mol. The molecular formula is C34H42N6O7S. The number of hydrogen-bond acceptors (Lipinski definition) is 11. The Bertz CT molecular complexity index is 1830. The number of pyridine rings is 1. The SMILES string of the molecule is Cc1cc(-c2cnc(C3CN(C(=O)OC(C)(C)C)C3)nc2)cc2c1OCc1c(N3CCS(=O)(=O)CC3)ccnc1N2C(=O)OC(C)(C)C. The van der Waals surface area contributed by atoms with Crippen molar-refractivity contribution in [3.63, 3.8) is 0 Å². The van der Waals surface area contributed by atoms with Crippen LogP contribution in [0.2, 0.25) is 0 Å². The molecule has 0 radical (unpaired) electrons. The van der Waals surface area contributed by atoms with Gasteiger partial charge in [0.05, 0.1) is 28.7 Å². The smallest absolute Gasteiger partial charge is 0.420 e. The molecule has 0 aliphatic carbocycles. The summed E-state index contributed by atoms with van der Waals surface area (Å²) < 4.78 is 42.1. The zero-order valence-corrected chi connectivity index (χ0v) is 29.3. The highest BCUT2D eigenvalue weighted by Crippen LogP contribution is 2.46. The normalized spacial score (nSPS) is 17.8. The highest BCUT2D eigenvalue weighted by molar-refractivity contribution is 7.91. The fraction of sp³-hybridized carbons (Fsp3) is 0.500. The number of aryl methyl sites for hydroxylation is 1. The number of fused-ring (bicyclic) bond motifs is 2. The van der Waals surface area contributed by atoms with Gasteiger partial charge in [-0.25, -0.2) is 37.9 Å². The van der Waals surface area contributed by atoms with Crippen LogP contribution in [0.1, 0.15) is 64.4 Å². The summed E-state index contributed by atoms with van der Waals surface area (Å²) in [4.78, 5) is 45.3. The second-order valence-electron chi connectivity index (χ2n) is 14.4. The van der Waals surface area contributed by atoms with Gasteiger partial charge in [0.1, 0.15) is 29.4 Å². The molecule has 2 amide bonds. The highest BCUT2D eigenvalue weighted by Gasteiger charge is 2.37. The van der Waals surface area contributed by atoms with E-state index in [0.717, 1.165) is 22.4 Å². The van der Waals surface area contributed by atoms with Gasteiger partial charge in [0, 0.05) is 56.0 Å². The minimum absolute atomic E-state index is 0.00759. The fourth-order valence-corrected chi connectivity index (χ4v) is 7.10. The average Bonchev–Trinajstić information content (AvgIpc) is 3.12. The lowest BCUT2D eigenvalue weighted by atomic mass is 9.99. The minimum atomic E-state index is -3.10. The van der Waals surface area contributed by atoms with Crippen molar-refractivity contribution in [2.75, 3.05) is 47.5 Å². The molecule has 14 heteroatoms. The Kier molecular flexibility index (Phi) is 8.51. The Balaban J connectivity index is 1.32. The molecular weight excluding hydrogens is 636 g/mol. The summed E-state index contributed by atoms with van der Waals surface area (Å²) in [5.74, 6) is 1.61. The van der Waals surface area contributed by atoms with E-state index in [4.69, 9.17) is 14.2 Å². The lowest BCUT2D eigenvalue weighted by Gasteiger charge is -2.38. The lowest BCUT2D eigenvalue weighted by molar-refractivity contribution is 0.00749. The first kappa shape index (κ1) is 33.4. The third-order valence-electron chi connectivity index (χ3n) is 8.24. The first-order valence-electron chi connectivity index (χ1n) is 16.0. The van der Waals surface area contributed by atoms with Crippen LogP contribution in [0.4, 0.5) is 26.8 Å². The Morgan fingerprint density at radius 3 is 2.12 bits per heavy atom. The van der Waals surface area contributed by atoms with E-state index in [1.54, 1.807) is 44.3 Å². The molecule has 0 spiro atoms. The quantitative estimate of drug-likeness (QED) is 0.352. The van der Waals surface area contributed by atoms with Gasteiger partial charge in [-0.3, -0.25) is 0 Å². The largest absolute Gasteiger partial charge is 0.486 e. The molecule has 48 heavy (non-hydrogen) atoms. The monoisotopic (exact) mass is 678 g/mol. The van der Waals surface area contributed by atoms with E-state index >= 15 is 0 Å². The molecule has 2 fully saturated rings. The van der Waals surface area contributed by atoms with Crippen LogP contribution in [0.25, 0.3) is 11.1 Å². The van der Waals surface area contributed by atoms with Gasteiger partial charge in [0.15, 0.2) is 15.7 Å². The van der Waals surface area contributed by atoms with Crippen molar-refractivity contribution in [1.29, 1.82) is 0 Å². The van der Waals surface area contributed by atoms with Crippen LogP contribution < -0.4 is 14.5 Å². The molecule has 5 heterocycles. The molecule has 0 saturated carbocycles. The van der Waals surface area contributed by atoms with E-state index in [0.29, 0.717) is 54.8 Å². The van der Waals surface area contributed by atoms with Gasteiger partial charge >= 0.3 is 12.2 Å². The van der Waals surface area contributed by atoms with Crippen molar-refractivity contribution < 1.29 is 32.2 Å². The van der Waals surface area contributed by atoms with Crippen molar-refractivity contribution >= 4 is 39.2 Å². The van der Waals surface area contributed by atoms with Crippen LogP contribution in [0.5, 0.6) is 5.75 Å². The first-order chi connectivity index (χ1) is 22.5. The number of sulfone groups is 1. The Morgan fingerprint density at radius 1 is 0.875 bits per heavy atom. The van der Waals surface area contributed by atoms with Gasteiger partial charge in [-0.05, 0) is 77.8 Å². The van der Waals surface area contributed by atoms with Crippen LogP contribution in [-0.2, 0) is 25.9 Å². The number of anilines is 3. The molecule has 3 aliphatic heterocycles. The van der Waals surface area contributed by atoms with Crippen molar-refractivity contribution in [1.82, 2.24) is 19.9 Å². The number of carbonyl (C=O) groups is 2. The van der Waals surface area contributed by atoms with E-state index in [9.17, 15) is 18.0 Å². The second kappa shape index (κ2) is 12.2. The molecule has 1 aromatic carbocycles. The highest BCUT2D eigenvalue weighted by atomic mass is 32.2. The number of benzene rings is 1. The molecule has 3 aromatic rings. The zero-order chi connectivity index (χ0) is 34.6. The number of amides is 2. The molecule has 0 atom stereocenters. The maximum atomic E-state index is 14.0. The number of hydrogen-bond donors (Lipinski definition) is 0. The Hall–Kier alpha value is -4.46. The zero-order valence-electron chi connectivity index (χ0n) is 28.4. The van der Waals surface area contributed by atoms with Crippen molar-refractivity contribution in [2.45, 2.75) is 72.2 Å². The number of likely N-dealkylation sites (tertiary alicyclic amines) is 1. The van der Waals surface area contributed by atoms with E-state index in [1.165, 1.54) is 4.90 Å². The van der Waals surface area contributed by atoms with Crippen LogP contribution in [0.15, 0.2) is 36.8 Å². The number of rotatable bonds is 3. The standard InChI is InChI=1S/C34H42N6O7S/c1-21-14-22(23-16-36-29(37-17-23)24-18-39(19-24)31(41)46-33(2,3)4)15-27-28(21)45-20-25-26(38-10-12-48(43,44)13-11-38)8-9-35-30(25)40(27)32(42)47-34(5,6)7/h8-9,14-17,24H,10-13,18-20H2,1-7H3. The molecule has 3 aliphatic rings. The summed E-state index contributed by atoms with van der Waals surface area (Å²) in [6, 6.07) is 5.63. The van der Waals surface area contributed by atoms with Crippen molar-refractivity contribution in [3.8, 4) is 16.9 Å². The summed E-state index contributed by atoms with van der Waals surface area (Å²) in [6.45, 7) is 14.6. The molecule has 0 unspecified atom stereocenters. The third-order valence-corrected chi connectivity index (χ3v) is 9.85. The van der Waals surface area contributed by atoms with Gasteiger partial charge < -0.3 is 24.0 Å². The minimum Gasteiger partial charge on any atom is -0.486 e. The third kappa shape index (κ3) is 7.03. The van der Waals surface area contributed by atoms with Crippen LogP contribution in [0, 0.1) is 6.92 Å². The van der Waals surface area contributed by atoms with Gasteiger partial charge in [-0.2, -0.15) is 0 Å². The maximum absolute atomic E-state index is 14.0. The van der Waals surface area contributed by atoms with Gasteiger partial charge in [0.2, 0.25) is 0 Å². The Morgan fingerprint density at radius 2 is 1.50 bits per heavy atom. The molecule has 256 valence electrons. The molecule has 2 aromatic heterocycles. The lowest BCUT2D eigenvalue weighted by Crippen LogP contribution is -2.50. The molecule has 6 rings (SSSR count). The maximum Gasteiger partial charge on any atom is 0.420 e. The van der Waals surface area contributed by atoms with Gasteiger partial charge in [0.25, 0.3) is 0 Å². The van der Waals surface area contributed by atoms with Gasteiger partial charge in [-0.1, -0.05) is 0 Å². The topological polar surface area (TPSA) is 144 Å². The first-order valence-corrected chi connectivity index (χ1v) is 17.8.